The molecule has 0 rings (SSSR count). The largest absolute Gasteiger partial charge is 0.390 e. The van der Waals surface area contributed by atoms with Gasteiger partial charge in [-0.2, -0.15) is 0 Å². The van der Waals surface area contributed by atoms with Crippen molar-refractivity contribution in [1.82, 2.24) is 0 Å². The Morgan fingerprint density at radius 1 is 0.739 bits per heavy atom. The Labute approximate surface area is 144 Å². The van der Waals surface area contributed by atoms with E-state index in [1.807, 2.05) is 6.92 Å². The molecule has 0 saturated carbocycles. The molecule has 0 spiro atoms. The van der Waals surface area contributed by atoms with E-state index >= 15 is 0 Å². The predicted octanol–water partition coefficient (Wildman–Crippen LogP) is 5.02. The zero-order valence-electron chi connectivity index (χ0n) is 16.1. The highest BCUT2D eigenvalue weighted by Crippen LogP contribution is 2.28. The molecule has 3 nitrogen and oxygen atoms in total. The Morgan fingerprint density at radius 2 is 1.26 bits per heavy atom. The van der Waals surface area contributed by atoms with Gasteiger partial charge in [0, 0.05) is 6.42 Å². The standard InChI is InChI=1S/C20H42O3/c1-5-7-9-12-17(3)13-10-8-11-14-18(4)15-20(23,6-2)16-19(21)22/h17-19,21-23H,5-16H2,1-4H3. The van der Waals surface area contributed by atoms with Gasteiger partial charge in [0.2, 0.25) is 0 Å². The molecule has 0 aliphatic carbocycles. The number of hydrogen-bond acceptors (Lipinski definition) is 3. The van der Waals surface area contributed by atoms with Gasteiger partial charge in [-0.1, -0.05) is 85.5 Å². The molecule has 0 amide bonds. The van der Waals surface area contributed by atoms with Gasteiger partial charge < -0.3 is 15.3 Å². The van der Waals surface area contributed by atoms with Crippen LogP contribution in [0.5, 0.6) is 0 Å². The predicted molar refractivity (Wildman–Crippen MR) is 98.3 cm³/mol. The minimum atomic E-state index is -1.42. The molecule has 0 heterocycles. The molecule has 0 aromatic carbocycles. The van der Waals surface area contributed by atoms with Crippen LogP contribution in [0.1, 0.15) is 105 Å². The number of unbranched alkanes of at least 4 members (excludes halogenated alkanes) is 4. The van der Waals surface area contributed by atoms with Crippen LogP contribution in [0.2, 0.25) is 0 Å². The lowest BCUT2D eigenvalue weighted by atomic mass is 9.84. The molecule has 0 fully saturated rings. The number of aliphatic hydroxyl groups is 3. The van der Waals surface area contributed by atoms with Crippen LogP contribution in [-0.4, -0.2) is 27.2 Å². The maximum Gasteiger partial charge on any atom is 0.154 e. The van der Waals surface area contributed by atoms with E-state index in [-0.39, 0.29) is 6.42 Å². The van der Waals surface area contributed by atoms with Gasteiger partial charge in [-0.15, -0.1) is 0 Å². The average Bonchev–Trinajstić information content (AvgIpc) is 2.46. The molecule has 140 valence electrons. The van der Waals surface area contributed by atoms with Crippen molar-refractivity contribution in [2.45, 2.75) is 117 Å². The summed E-state index contributed by atoms with van der Waals surface area (Å²) in [5, 5.41) is 28.6. The smallest absolute Gasteiger partial charge is 0.154 e. The topological polar surface area (TPSA) is 60.7 Å². The zero-order chi connectivity index (χ0) is 17.7. The Hall–Kier alpha value is -0.120. The van der Waals surface area contributed by atoms with Crippen molar-refractivity contribution >= 4 is 0 Å². The average molecular weight is 331 g/mol. The number of aliphatic hydroxyl groups excluding tert-OH is 1. The summed E-state index contributed by atoms with van der Waals surface area (Å²) in [7, 11) is 0. The summed E-state index contributed by atoms with van der Waals surface area (Å²) in [4.78, 5) is 0. The molecule has 3 heteroatoms. The van der Waals surface area contributed by atoms with Gasteiger partial charge in [0.15, 0.2) is 6.29 Å². The summed E-state index contributed by atoms with van der Waals surface area (Å²) < 4.78 is 0. The number of rotatable bonds is 15. The molecule has 0 radical (unpaired) electrons. The van der Waals surface area contributed by atoms with Crippen molar-refractivity contribution < 1.29 is 15.3 Å². The van der Waals surface area contributed by atoms with Crippen molar-refractivity contribution in [2.24, 2.45) is 11.8 Å². The molecule has 0 saturated heterocycles. The zero-order valence-corrected chi connectivity index (χ0v) is 16.1. The fraction of sp³-hybridized carbons (Fsp3) is 1.00. The van der Waals surface area contributed by atoms with Crippen LogP contribution in [0, 0.1) is 11.8 Å². The Balaban J connectivity index is 3.75. The summed E-state index contributed by atoms with van der Waals surface area (Å²) in [5.74, 6) is 1.29. The second kappa shape index (κ2) is 13.2. The summed E-state index contributed by atoms with van der Waals surface area (Å²) in [6.07, 6.45) is 11.6. The van der Waals surface area contributed by atoms with E-state index in [0.717, 1.165) is 12.3 Å². The van der Waals surface area contributed by atoms with Crippen LogP contribution in [-0.2, 0) is 0 Å². The molecular weight excluding hydrogens is 288 g/mol. The third-order valence-electron chi connectivity index (χ3n) is 5.14. The Morgan fingerprint density at radius 3 is 1.74 bits per heavy atom. The van der Waals surface area contributed by atoms with Crippen molar-refractivity contribution in [3.05, 3.63) is 0 Å². The van der Waals surface area contributed by atoms with E-state index < -0.39 is 11.9 Å². The summed E-state index contributed by atoms with van der Waals surface area (Å²) in [6, 6.07) is 0. The van der Waals surface area contributed by atoms with E-state index in [1.54, 1.807) is 0 Å². The molecule has 3 unspecified atom stereocenters. The minimum absolute atomic E-state index is 0.0586. The second-order valence-corrected chi connectivity index (χ2v) is 7.81. The normalized spacial score (nSPS) is 17.2. The van der Waals surface area contributed by atoms with Crippen LogP contribution >= 0.6 is 0 Å². The lowest BCUT2D eigenvalue weighted by molar-refractivity contribution is -0.110. The third kappa shape index (κ3) is 12.9. The molecule has 23 heavy (non-hydrogen) atoms. The van der Waals surface area contributed by atoms with Gasteiger partial charge in [-0.3, -0.25) is 0 Å². The SMILES string of the molecule is CCCCCC(C)CCCCCC(C)CC(O)(CC)CC(O)O. The molecular formula is C20H42O3. The first-order valence-electron chi connectivity index (χ1n) is 9.91. The van der Waals surface area contributed by atoms with Gasteiger partial charge in [0.1, 0.15) is 0 Å². The first-order chi connectivity index (χ1) is 10.8. The van der Waals surface area contributed by atoms with Crippen molar-refractivity contribution in [2.75, 3.05) is 0 Å². The molecule has 0 aliphatic heterocycles. The number of hydrogen-bond donors (Lipinski definition) is 3. The molecule has 3 atom stereocenters. The van der Waals surface area contributed by atoms with Crippen molar-refractivity contribution in [3.8, 4) is 0 Å². The van der Waals surface area contributed by atoms with Crippen molar-refractivity contribution in [3.63, 3.8) is 0 Å². The summed E-state index contributed by atoms with van der Waals surface area (Å²) in [6.45, 7) is 8.71. The highest BCUT2D eigenvalue weighted by Gasteiger charge is 2.29. The van der Waals surface area contributed by atoms with E-state index in [1.165, 1.54) is 51.4 Å². The first-order valence-corrected chi connectivity index (χ1v) is 9.91. The van der Waals surface area contributed by atoms with Gasteiger partial charge in [-0.25, -0.2) is 0 Å². The second-order valence-electron chi connectivity index (χ2n) is 7.81. The van der Waals surface area contributed by atoms with Crippen LogP contribution < -0.4 is 0 Å². The van der Waals surface area contributed by atoms with Crippen molar-refractivity contribution in [1.29, 1.82) is 0 Å². The first kappa shape index (κ1) is 22.9. The quantitative estimate of drug-likeness (QED) is 0.292. The highest BCUT2D eigenvalue weighted by atomic mass is 16.5. The van der Waals surface area contributed by atoms with Gasteiger partial charge in [0.05, 0.1) is 5.60 Å². The maximum absolute atomic E-state index is 10.4. The molecule has 0 aromatic rings. The Kier molecular flexibility index (Phi) is 13.1. The third-order valence-corrected chi connectivity index (χ3v) is 5.14. The molecule has 0 aliphatic rings. The fourth-order valence-electron chi connectivity index (χ4n) is 3.51. The lowest BCUT2D eigenvalue weighted by Crippen LogP contribution is -2.34. The minimum Gasteiger partial charge on any atom is -0.390 e. The summed E-state index contributed by atoms with van der Waals surface area (Å²) >= 11 is 0. The van der Waals surface area contributed by atoms with Crippen LogP contribution in [0.15, 0.2) is 0 Å². The monoisotopic (exact) mass is 330 g/mol. The van der Waals surface area contributed by atoms with Crippen LogP contribution in [0.25, 0.3) is 0 Å². The van der Waals surface area contributed by atoms with Gasteiger partial charge in [-0.05, 0) is 24.7 Å². The van der Waals surface area contributed by atoms with Gasteiger partial charge in [0.25, 0.3) is 0 Å². The summed E-state index contributed by atoms with van der Waals surface area (Å²) in [5.41, 5.74) is -0.929. The van der Waals surface area contributed by atoms with E-state index in [2.05, 4.69) is 20.8 Å². The fourth-order valence-corrected chi connectivity index (χ4v) is 3.51. The van der Waals surface area contributed by atoms with Crippen LogP contribution in [0.3, 0.4) is 0 Å². The van der Waals surface area contributed by atoms with Crippen LogP contribution in [0.4, 0.5) is 0 Å². The maximum atomic E-state index is 10.4. The van der Waals surface area contributed by atoms with E-state index in [9.17, 15) is 5.11 Å². The van der Waals surface area contributed by atoms with E-state index in [4.69, 9.17) is 10.2 Å². The van der Waals surface area contributed by atoms with Gasteiger partial charge >= 0.3 is 0 Å². The molecule has 3 N–H and O–H groups in total. The van der Waals surface area contributed by atoms with E-state index in [0.29, 0.717) is 18.8 Å². The molecule has 0 bridgehead atoms. The highest BCUT2D eigenvalue weighted by molar-refractivity contribution is 4.79. The lowest BCUT2D eigenvalue weighted by Gasteiger charge is -2.30. The molecule has 0 aromatic heterocycles. The Bertz CT molecular complexity index is 268.